The van der Waals surface area contributed by atoms with Crippen molar-refractivity contribution in [2.75, 3.05) is 6.61 Å². The normalized spacial score (nSPS) is 47.9. The highest BCUT2D eigenvalue weighted by molar-refractivity contribution is 5.25. The van der Waals surface area contributed by atoms with Gasteiger partial charge in [-0.25, -0.2) is 0 Å². The van der Waals surface area contributed by atoms with Crippen LogP contribution in [0.4, 0.5) is 0 Å². The van der Waals surface area contributed by atoms with Crippen LogP contribution in [-0.2, 0) is 9.47 Å². The number of aliphatic hydroxyl groups excluding tert-OH is 4. The molecule has 6 nitrogen and oxygen atoms in total. The fraction of sp³-hybridized carbons (Fsp3) is 0.886. The first-order chi connectivity index (χ1) is 19.4. The third-order valence-corrected chi connectivity index (χ3v) is 12.9. The van der Waals surface area contributed by atoms with Crippen LogP contribution in [0.25, 0.3) is 0 Å². The average molecular weight is 575 g/mol. The summed E-state index contributed by atoms with van der Waals surface area (Å²) in [4.78, 5) is 0. The van der Waals surface area contributed by atoms with E-state index in [1.54, 1.807) is 0 Å². The third kappa shape index (κ3) is 5.64. The zero-order valence-electron chi connectivity index (χ0n) is 26.4. The summed E-state index contributed by atoms with van der Waals surface area (Å²) in [7, 11) is 0. The van der Waals surface area contributed by atoms with Crippen LogP contribution in [0.3, 0.4) is 0 Å². The minimum Gasteiger partial charge on any atom is -0.394 e. The fourth-order valence-corrected chi connectivity index (χ4v) is 10.3. The van der Waals surface area contributed by atoms with E-state index in [1.165, 1.54) is 37.7 Å². The monoisotopic (exact) mass is 574 g/mol. The molecule has 5 aliphatic rings. The molecular formula is C35H58O6. The Morgan fingerprint density at radius 1 is 0.976 bits per heavy atom. The Hall–Kier alpha value is -0.760. The molecule has 4 aliphatic carbocycles. The number of hydrogen-bond acceptors (Lipinski definition) is 6. The largest absolute Gasteiger partial charge is 0.394 e. The van der Waals surface area contributed by atoms with E-state index in [4.69, 9.17) is 9.47 Å². The Bertz CT molecular complexity index is 960. The van der Waals surface area contributed by atoms with Gasteiger partial charge >= 0.3 is 0 Å². The minimum absolute atomic E-state index is 0.109. The highest BCUT2D eigenvalue weighted by Gasteiger charge is 2.59. The van der Waals surface area contributed by atoms with E-state index in [1.807, 2.05) is 0 Å². The number of aliphatic hydroxyl groups is 4. The van der Waals surface area contributed by atoms with Crippen molar-refractivity contribution in [3.8, 4) is 0 Å². The lowest BCUT2D eigenvalue weighted by Gasteiger charge is -2.58. The second-order valence-electron chi connectivity index (χ2n) is 15.2. The maximum Gasteiger partial charge on any atom is 0.186 e. The number of rotatable bonds is 8. The maximum absolute atomic E-state index is 10.5. The molecular weight excluding hydrogens is 516 g/mol. The second-order valence-corrected chi connectivity index (χ2v) is 15.2. The van der Waals surface area contributed by atoms with Gasteiger partial charge in [0.1, 0.15) is 24.4 Å². The molecule has 4 fully saturated rings. The molecule has 1 saturated heterocycles. The van der Waals surface area contributed by atoms with Gasteiger partial charge in [-0.1, -0.05) is 65.3 Å². The number of allylic oxidation sites excluding steroid dienone is 3. The molecule has 0 aromatic rings. The van der Waals surface area contributed by atoms with E-state index < -0.39 is 37.3 Å². The molecule has 14 atom stereocenters. The van der Waals surface area contributed by atoms with E-state index in [0.717, 1.165) is 43.4 Å². The smallest absolute Gasteiger partial charge is 0.186 e. The van der Waals surface area contributed by atoms with Gasteiger partial charge < -0.3 is 29.9 Å². The first-order valence-corrected chi connectivity index (χ1v) is 16.8. The summed E-state index contributed by atoms with van der Waals surface area (Å²) in [6.45, 7) is 14.2. The molecule has 0 unspecified atom stereocenters. The van der Waals surface area contributed by atoms with Crippen molar-refractivity contribution in [1.82, 2.24) is 0 Å². The molecule has 41 heavy (non-hydrogen) atoms. The Morgan fingerprint density at radius 2 is 1.73 bits per heavy atom. The summed E-state index contributed by atoms with van der Waals surface area (Å²) in [5.74, 6) is 5.05. The van der Waals surface area contributed by atoms with Crippen LogP contribution < -0.4 is 0 Å². The zero-order valence-corrected chi connectivity index (χ0v) is 26.4. The molecule has 6 heteroatoms. The molecule has 0 aromatic carbocycles. The van der Waals surface area contributed by atoms with Gasteiger partial charge in [-0.3, -0.25) is 0 Å². The van der Waals surface area contributed by atoms with Gasteiger partial charge in [-0.2, -0.15) is 0 Å². The van der Waals surface area contributed by atoms with Gasteiger partial charge in [0, 0.05) is 0 Å². The topological polar surface area (TPSA) is 99.4 Å². The SMILES string of the molecule is CC[C@H](/C=C/[C@@H](C)[C@H]1CC[C@H]2[C@@H]3CC=C4C[C@@H](O[C@@H]5O[C@H](CO)[C@@H](O)[C@H](O)[C@H]5O)CC[C@]4(C)[C@H]3CC[C@]12C)C(C)C. The van der Waals surface area contributed by atoms with E-state index in [9.17, 15) is 20.4 Å². The van der Waals surface area contributed by atoms with E-state index >= 15 is 0 Å². The summed E-state index contributed by atoms with van der Waals surface area (Å²) in [6.07, 6.45) is 11.9. The lowest BCUT2D eigenvalue weighted by atomic mass is 9.47. The van der Waals surface area contributed by atoms with Gasteiger partial charge in [0.25, 0.3) is 0 Å². The highest BCUT2D eigenvalue weighted by Crippen LogP contribution is 2.67. The summed E-state index contributed by atoms with van der Waals surface area (Å²) in [5.41, 5.74) is 2.11. The first-order valence-electron chi connectivity index (χ1n) is 16.8. The fourth-order valence-electron chi connectivity index (χ4n) is 10.3. The van der Waals surface area contributed by atoms with Crippen LogP contribution in [0.5, 0.6) is 0 Å². The van der Waals surface area contributed by atoms with Crippen LogP contribution in [0.1, 0.15) is 99.3 Å². The predicted octanol–water partition coefficient (Wildman–Crippen LogP) is 5.63. The molecule has 0 radical (unpaired) electrons. The van der Waals surface area contributed by atoms with Crippen LogP contribution in [-0.4, -0.2) is 63.8 Å². The van der Waals surface area contributed by atoms with E-state index in [2.05, 4.69) is 59.8 Å². The molecule has 234 valence electrons. The molecule has 5 rings (SSSR count). The lowest BCUT2D eigenvalue weighted by Crippen LogP contribution is -2.60. The van der Waals surface area contributed by atoms with Crippen LogP contribution in [0.15, 0.2) is 23.8 Å². The molecule has 0 spiro atoms. The maximum atomic E-state index is 10.5. The van der Waals surface area contributed by atoms with Gasteiger partial charge in [0.2, 0.25) is 0 Å². The van der Waals surface area contributed by atoms with E-state index in [0.29, 0.717) is 29.1 Å². The Balaban J connectivity index is 1.26. The minimum atomic E-state index is -1.40. The summed E-state index contributed by atoms with van der Waals surface area (Å²) in [6, 6.07) is 0. The lowest BCUT2D eigenvalue weighted by molar-refractivity contribution is -0.313. The molecule has 1 aliphatic heterocycles. The number of hydrogen-bond donors (Lipinski definition) is 4. The molecule has 3 saturated carbocycles. The molecule has 0 amide bonds. The molecule has 1 heterocycles. The Kier molecular flexibility index (Phi) is 9.51. The predicted molar refractivity (Wildman–Crippen MR) is 161 cm³/mol. The third-order valence-electron chi connectivity index (χ3n) is 12.9. The standard InChI is InChI=1S/C35H58O6/c1-7-22(20(2)3)9-8-21(4)26-12-13-27-25-11-10-23-18-24(14-16-34(23,5)28(25)15-17-35(26,27)6)40-33-32(39)31(38)30(37)29(19-36)41-33/h8-10,20-22,24-33,36-39H,7,11-19H2,1-6H3/b9-8+/t21-,22-,24+,25+,26-,27+,28+,29-,30-,31+,32-,33-,34+,35-/m1/s1. The summed E-state index contributed by atoms with van der Waals surface area (Å²) >= 11 is 0. The Morgan fingerprint density at radius 3 is 2.41 bits per heavy atom. The van der Waals surface area contributed by atoms with Crippen LogP contribution in [0, 0.1) is 52.3 Å². The molecule has 0 bridgehead atoms. The van der Waals surface area contributed by atoms with Crippen molar-refractivity contribution in [2.45, 2.75) is 136 Å². The van der Waals surface area contributed by atoms with Crippen molar-refractivity contribution in [3.05, 3.63) is 23.8 Å². The molecule has 0 aromatic heterocycles. The number of ether oxygens (including phenoxy) is 2. The van der Waals surface area contributed by atoms with Gasteiger partial charge in [-0.05, 0) is 110 Å². The first kappa shape index (κ1) is 31.7. The van der Waals surface area contributed by atoms with Crippen LogP contribution >= 0.6 is 0 Å². The van der Waals surface area contributed by atoms with E-state index in [-0.39, 0.29) is 11.5 Å². The van der Waals surface area contributed by atoms with Gasteiger partial charge in [0.15, 0.2) is 6.29 Å². The summed E-state index contributed by atoms with van der Waals surface area (Å²) < 4.78 is 11.9. The quantitative estimate of drug-likeness (QED) is 0.281. The zero-order chi connectivity index (χ0) is 29.7. The van der Waals surface area contributed by atoms with Crippen molar-refractivity contribution in [2.24, 2.45) is 52.3 Å². The van der Waals surface area contributed by atoms with Crippen molar-refractivity contribution >= 4 is 0 Å². The summed E-state index contributed by atoms with van der Waals surface area (Å²) in [5, 5.41) is 40.4. The van der Waals surface area contributed by atoms with Gasteiger partial charge in [0.05, 0.1) is 12.7 Å². The van der Waals surface area contributed by atoms with Crippen LogP contribution in [0.2, 0.25) is 0 Å². The van der Waals surface area contributed by atoms with Crippen molar-refractivity contribution in [1.29, 1.82) is 0 Å². The number of fused-ring (bicyclic) bond motifs is 5. The Labute approximate surface area is 248 Å². The molecule has 4 N–H and O–H groups in total. The van der Waals surface area contributed by atoms with Gasteiger partial charge in [-0.15, -0.1) is 0 Å². The van der Waals surface area contributed by atoms with Crippen molar-refractivity contribution in [3.63, 3.8) is 0 Å². The highest BCUT2D eigenvalue weighted by atomic mass is 16.7. The second kappa shape index (κ2) is 12.3. The van der Waals surface area contributed by atoms with Crippen molar-refractivity contribution < 1.29 is 29.9 Å². The average Bonchev–Trinajstić information content (AvgIpc) is 3.30.